The molecule has 2 rings (SSSR count). The Hall–Kier alpha value is -1.98. The largest absolute Gasteiger partial charge is 0.481 e. The molecule has 0 fully saturated rings. The van der Waals surface area contributed by atoms with Crippen LogP contribution in [0, 0.1) is 5.41 Å². The molecular formula is C14H13F3O3. The molecule has 0 aliphatic carbocycles. The lowest BCUT2D eigenvalue weighted by molar-refractivity contribution is -0.146. The first-order chi connectivity index (χ1) is 9.11. The van der Waals surface area contributed by atoms with Crippen molar-refractivity contribution >= 4 is 16.9 Å². The number of benzene rings is 1. The Balaban J connectivity index is 2.41. The highest BCUT2D eigenvalue weighted by Crippen LogP contribution is 2.34. The number of carboxylic acid groups (broad SMARTS) is 1. The smallest absolute Gasteiger partial charge is 0.416 e. The number of hydrogen-bond donors (Lipinski definition) is 1. The molecule has 0 unspecified atom stereocenters. The van der Waals surface area contributed by atoms with Gasteiger partial charge in [-0.05, 0) is 38.0 Å². The zero-order valence-electron chi connectivity index (χ0n) is 10.9. The molecule has 0 aliphatic heterocycles. The maximum atomic E-state index is 12.6. The summed E-state index contributed by atoms with van der Waals surface area (Å²) < 4.78 is 42.9. The predicted molar refractivity (Wildman–Crippen MR) is 66.3 cm³/mol. The molecule has 108 valence electrons. The molecule has 1 aromatic carbocycles. The van der Waals surface area contributed by atoms with Gasteiger partial charge in [-0.1, -0.05) is 6.07 Å². The van der Waals surface area contributed by atoms with Crippen molar-refractivity contribution in [3.05, 3.63) is 35.6 Å². The van der Waals surface area contributed by atoms with E-state index in [0.717, 1.165) is 12.1 Å². The van der Waals surface area contributed by atoms with Crippen molar-refractivity contribution in [2.75, 3.05) is 0 Å². The third-order valence-electron chi connectivity index (χ3n) is 3.19. The number of aliphatic carboxylic acids is 1. The van der Waals surface area contributed by atoms with E-state index in [4.69, 9.17) is 9.52 Å². The molecule has 0 spiro atoms. The van der Waals surface area contributed by atoms with Crippen molar-refractivity contribution in [1.82, 2.24) is 0 Å². The van der Waals surface area contributed by atoms with E-state index < -0.39 is 23.1 Å². The van der Waals surface area contributed by atoms with Crippen LogP contribution in [0.4, 0.5) is 13.2 Å². The zero-order chi connectivity index (χ0) is 15.1. The monoisotopic (exact) mass is 286 g/mol. The average Bonchev–Trinajstić information content (AvgIpc) is 2.70. The van der Waals surface area contributed by atoms with Gasteiger partial charge in [0.2, 0.25) is 0 Å². The van der Waals surface area contributed by atoms with Crippen molar-refractivity contribution in [3.63, 3.8) is 0 Å². The SMILES string of the molecule is CC(C)(Cc1coc2cc(C(F)(F)F)ccc12)C(=O)O. The maximum Gasteiger partial charge on any atom is 0.416 e. The van der Waals surface area contributed by atoms with Crippen molar-refractivity contribution < 1.29 is 27.5 Å². The molecule has 1 aromatic heterocycles. The van der Waals surface area contributed by atoms with Crippen molar-refractivity contribution in [3.8, 4) is 0 Å². The van der Waals surface area contributed by atoms with Crippen molar-refractivity contribution in [1.29, 1.82) is 0 Å². The molecule has 1 N–H and O–H groups in total. The number of furan rings is 1. The Kier molecular flexibility index (Phi) is 3.28. The predicted octanol–water partition coefficient (Wildman–Crippen LogP) is 4.10. The summed E-state index contributed by atoms with van der Waals surface area (Å²) in [5, 5.41) is 9.59. The Morgan fingerprint density at radius 3 is 2.50 bits per heavy atom. The van der Waals surface area contributed by atoms with Gasteiger partial charge in [0.15, 0.2) is 0 Å². The van der Waals surface area contributed by atoms with Crippen molar-refractivity contribution in [2.45, 2.75) is 26.4 Å². The summed E-state index contributed by atoms with van der Waals surface area (Å²) in [6, 6.07) is 3.21. The van der Waals surface area contributed by atoms with Crippen LogP contribution in [0.5, 0.6) is 0 Å². The Bertz CT molecular complexity index is 653. The second-order valence-electron chi connectivity index (χ2n) is 5.34. The molecule has 2 aromatic rings. The molecule has 3 nitrogen and oxygen atoms in total. The number of alkyl halides is 3. The fourth-order valence-corrected chi connectivity index (χ4v) is 1.95. The van der Waals surface area contributed by atoms with E-state index in [1.807, 2.05) is 0 Å². The first kappa shape index (κ1) is 14.4. The lowest BCUT2D eigenvalue weighted by atomic mass is 9.86. The summed E-state index contributed by atoms with van der Waals surface area (Å²) in [6.45, 7) is 3.11. The first-order valence-corrected chi connectivity index (χ1v) is 5.92. The van der Waals surface area contributed by atoms with Gasteiger partial charge in [0, 0.05) is 5.39 Å². The summed E-state index contributed by atoms with van der Waals surface area (Å²) in [4.78, 5) is 11.1. The van der Waals surface area contributed by atoms with Gasteiger partial charge >= 0.3 is 12.1 Å². The second kappa shape index (κ2) is 4.54. The number of carbonyl (C=O) groups is 1. The number of rotatable bonds is 3. The molecule has 20 heavy (non-hydrogen) atoms. The lowest BCUT2D eigenvalue weighted by Gasteiger charge is -2.17. The third kappa shape index (κ3) is 2.64. The van der Waals surface area contributed by atoms with E-state index >= 15 is 0 Å². The fourth-order valence-electron chi connectivity index (χ4n) is 1.95. The highest BCUT2D eigenvalue weighted by atomic mass is 19.4. The summed E-state index contributed by atoms with van der Waals surface area (Å²) in [7, 11) is 0. The normalized spacial score (nSPS) is 12.8. The molecular weight excluding hydrogens is 273 g/mol. The van der Waals surface area contributed by atoms with Crippen LogP contribution in [0.15, 0.2) is 28.9 Å². The minimum atomic E-state index is -4.43. The molecule has 0 saturated carbocycles. The van der Waals surface area contributed by atoms with E-state index in [9.17, 15) is 18.0 Å². The van der Waals surface area contributed by atoms with Crippen molar-refractivity contribution in [2.24, 2.45) is 5.41 Å². The van der Waals surface area contributed by atoms with Gasteiger partial charge in [0.05, 0.1) is 17.2 Å². The Labute approximate surface area is 113 Å². The van der Waals surface area contributed by atoms with Gasteiger partial charge in [0.25, 0.3) is 0 Å². The van der Waals surface area contributed by atoms with E-state index in [1.165, 1.54) is 12.3 Å². The van der Waals surface area contributed by atoms with E-state index in [0.29, 0.717) is 10.9 Å². The highest BCUT2D eigenvalue weighted by Gasteiger charge is 2.32. The Morgan fingerprint density at radius 1 is 1.30 bits per heavy atom. The number of carboxylic acids is 1. The zero-order valence-corrected chi connectivity index (χ0v) is 10.9. The van der Waals surface area contributed by atoms with Crippen LogP contribution in [0.2, 0.25) is 0 Å². The Morgan fingerprint density at radius 2 is 1.95 bits per heavy atom. The van der Waals surface area contributed by atoms with E-state index in [-0.39, 0.29) is 12.0 Å². The molecule has 0 amide bonds. The van der Waals surface area contributed by atoms with Crippen LogP contribution < -0.4 is 0 Å². The molecule has 0 bridgehead atoms. The molecule has 0 saturated heterocycles. The topological polar surface area (TPSA) is 50.4 Å². The fraction of sp³-hybridized carbons (Fsp3) is 0.357. The minimum Gasteiger partial charge on any atom is -0.481 e. The van der Waals surface area contributed by atoms with Crippen LogP contribution in [0.1, 0.15) is 25.0 Å². The van der Waals surface area contributed by atoms with Gasteiger partial charge < -0.3 is 9.52 Å². The standard InChI is InChI=1S/C14H13F3O3/c1-13(2,12(18)19)6-8-7-20-11-5-9(14(15,16)17)3-4-10(8)11/h3-5,7H,6H2,1-2H3,(H,18,19). The molecule has 6 heteroatoms. The molecule has 0 atom stereocenters. The first-order valence-electron chi connectivity index (χ1n) is 5.92. The highest BCUT2D eigenvalue weighted by molar-refractivity contribution is 5.83. The van der Waals surface area contributed by atoms with E-state index in [2.05, 4.69) is 0 Å². The van der Waals surface area contributed by atoms with Gasteiger partial charge in [-0.15, -0.1) is 0 Å². The van der Waals surface area contributed by atoms with Crippen LogP contribution in [0.3, 0.4) is 0 Å². The van der Waals surface area contributed by atoms with Crippen LogP contribution >= 0.6 is 0 Å². The second-order valence-corrected chi connectivity index (χ2v) is 5.34. The van der Waals surface area contributed by atoms with Gasteiger partial charge in [0.1, 0.15) is 5.58 Å². The average molecular weight is 286 g/mol. The van der Waals surface area contributed by atoms with Crippen LogP contribution in [0.25, 0.3) is 11.0 Å². The molecule has 0 aliphatic rings. The molecule has 1 heterocycles. The van der Waals surface area contributed by atoms with Gasteiger partial charge in [-0.3, -0.25) is 4.79 Å². The maximum absolute atomic E-state index is 12.6. The van der Waals surface area contributed by atoms with Gasteiger partial charge in [-0.2, -0.15) is 13.2 Å². The van der Waals surface area contributed by atoms with Crippen LogP contribution in [-0.2, 0) is 17.4 Å². The number of fused-ring (bicyclic) bond motifs is 1. The number of halogens is 3. The van der Waals surface area contributed by atoms with Crippen LogP contribution in [-0.4, -0.2) is 11.1 Å². The summed E-state index contributed by atoms with van der Waals surface area (Å²) in [5.74, 6) is -0.973. The minimum absolute atomic E-state index is 0.107. The lowest BCUT2D eigenvalue weighted by Crippen LogP contribution is -2.26. The molecule has 0 radical (unpaired) electrons. The summed E-state index contributed by atoms with van der Waals surface area (Å²) in [5.41, 5.74) is -1.11. The third-order valence-corrected chi connectivity index (χ3v) is 3.19. The number of hydrogen-bond acceptors (Lipinski definition) is 2. The van der Waals surface area contributed by atoms with E-state index in [1.54, 1.807) is 13.8 Å². The van der Waals surface area contributed by atoms with Gasteiger partial charge in [-0.25, -0.2) is 0 Å². The quantitative estimate of drug-likeness (QED) is 0.924. The summed E-state index contributed by atoms with van der Waals surface area (Å²) in [6.07, 6.45) is -2.93. The summed E-state index contributed by atoms with van der Waals surface area (Å²) >= 11 is 0.